The lowest BCUT2D eigenvalue weighted by Crippen LogP contribution is -2.10. The first-order valence-corrected chi connectivity index (χ1v) is 8.10. The summed E-state index contributed by atoms with van der Waals surface area (Å²) < 4.78 is 5.46. The highest BCUT2D eigenvalue weighted by Crippen LogP contribution is 2.25. The highest BCUT2D eigenvalue weighted by Gasteiger charge is 2.14. The predicted octanol–water partition coefficient (Wildman–Crippen LogP) is 5.01. The second kappa shape index (κ2) is 7.35. The standard InChI is InChI=1S/C21H24O3/c1-5-24-18-8-6-7-16(14-18)19(20(22)23)13-15-9-11-17(12-10-15)21(2,3)4/h6-14H,5H2,1-4H3,(H,22,23)/b19-13-. The Morgan fingerprint density at radius 1 is 1.12 bits per heavy atom. The molecule has 0 radical (unpaired) electrons. The van der Waals surface area contributed by atoms with Crippen LogP contribution in [0.1, 0.15) is 44.4 Å². The van der Waals surface area contributed by atoms with Crippen molar-refractivity contribution >= 4 is 17.6 Å². The summed E-state index contributed by atoms with van der Waals surface area (Å²) in [4.78, 5) is 11.7. The van der Waals surface area contributed by atoms with Crippen LogP contribution in [0, 0.1) is 0 Å². The van der Waals surface area contributed by atoms with Crippen LogP contribution in [0.3, 0.4) is 0 Å². The number of hydrogen-bond acceptors (Lipinski definition) is 2. The number of carbonyl (C=O) groups is 1. The molecular weight excluding hydrogens is 300 g/mol. The van der Waals surface area contributed by atoms with E-state index in [1.54, 1.807) is 24.3 Å². The van der Waals surface area contributed by atoms with Crippen molar-refractivity contribution < 1.29 is 14.6 Å². The number of hydrogen-bond donors (Lipinski definition) is 1. The van der Waals surface area contributed by atoms with Gasteiger partial charge in [-0.2, -0.15) is 0 Å². The van der Waals surface area contributed by atoms with E-state index < -0.39 is 5.97 Å². The average Bonchev–Trinajstić information content (AvgIpc) is 2.52. The van der Waals surface area contributed by atoms with Gasteiger partial charge in [0.25, 0.3) is 0 Å². The highest BCUT2D eigenvalue weighted by atomic mass is 16.5. The molecule has 0 saturated carbocycles. The van der Waals surface area contributed by atoms with E-state index in [1.807, 2.05) is 37.3 Å². The highest BCUT2D eigenvalue weighted by molar-refractivity contribution is 6.20. The lowest BCUT2D eigenvalue weighted by Gasteiger charge is -2.18. The monoisotopic (exact) mass is 324 g/mol. The van der Waals surface area contributed by atoms with Gasteiger partial charge in [-0.1, -0.05) is 57.2 Å². The average molecular weight is 324 g/mol. The molecule has 3 heteroatoms. The van der Waals surface area contributed by atoms with Gasteiger partial charge in [-0.25, -0.2) is 4.79 Å². The number of rotatable bonds is 5. The van der Waals surface area contributed by atoms with E-state index >= 15 is 0 Å². The Labute approximate surface area is 143 Å². The molecule has 0 unspecified atom stereocenters. The van der Waals surface area contributed by atoms with Crippen LogP contribution in [0.15, 0.2) is 48.5 Å². The van der Waals surface area contributed by atoms with Gasteiger partial charge in [0, 0.05) is 0 Å². The number of aliphatic carboxylic acids is 1. The van der Waals surface area contributed by atoms with Crippen LogP contribution >= 0.6 is 0 Å². The summed E-state index contributed by atoms with van der Waals surface area (Å²) in [6, 6.07) is 15.2. The van der Waals surface area contributed by atoms with Crippen LogP contribution < -0.4 is 4.74 Å². The maximum Gasteiger partial charge on any atom is 0.336 e. The van der Waals surface area contributed by atoms with Gasteiger partial charge in [0.05, 0.1) is 12.2 Å². The molecule has 0 amide bonds. The van der Waals surface area contributed by atoms with Crippen molar-refractivity contribution in [2.45, 2.75) is 33.1 Å². The van der Waals surface area contributed by atoms with E-state index in [4.69, 9.17) is 4.74 Å². The minimum absolute atomic E-state index is 0.0731. The predicted molar refractivity (Wildman–Crippen MR) is 98.3 cm³/mol. The molecule has 3 nitrogen and oxygen atoms in total. The molecule has 0 spiro atoms. The van der Waals surface area contributed by atoms with Crippen molar-refractivity contribution in [1.29, 1.82) is 0 Å². The second-order valence-electron chi connectivity index (χ2n) is 6.70. The first-order chi connectivity index (χ1) is 11.3. The summed E-state index contributed by atoms with van der Waals surface area (Å²) in [6.07, 6.45) is 1.69. The molecule has 0 aliphatic rings. The Hall–Kier alpha value is -2.55. The van der Waals surface area contributed by atoms with E-state index in [2.05, 4.69) is 20.8 Å². The Morgan fingerprint density at radius 2 is 1.79 bits per heavy atom. The van der Waals surface area contributed by atoms with Gasteiger partial charge in [0.2, 0.25) is 0 Å². The summed E-state index contributed by atoms with van der Waals surface area (Å²) in [5.41, 5.74) is 3.04. The summed E-state index contributed by atoms with van der Waals surface area (Å²) in [7, 11) is 0. The molecule has 1 N–H and O–H groups in total. The molecule has 0 aliphatic carbocycles. The Bertz CT molecular complexity index is 734. The zero-order valence-electron chi connectivity index (χ0n) is 14.7. The fourth-order valence-corrected chi connectivity index (χ4v) is 2.43. The zero-order chi connectivity index (χ0) is 17.7. The maximum atomic E-state index is 11.7. The van der Waals surface area contributed by atoms with Gasteiger partial charge in [0.1, 0.15) is 5.75 Å². The van der Waals surface area contributed by atoms with E-state index in [1.165, 1.54) is 5.56 Å². The second-order valence-corrected chi connectivity index (χ2v) is 6.70. The van der Waals surface area contributed by atoms with Gasteiger partial charge in [-0.05, 0) is 47.2 Å². The van der Waals surface area contributed by atoms with Gasteiger partial charge < -0.3 is 9.84 Å². The van der Waals surface area contributed by atoms with E-state index in [-0.39, 0.29) is 11.0 Å². The molecule has 0 aromatic heterocycles. The topological polar surface area (TPSA) is 46.5 Å². The van der Waals surface area contributed by atoms with E-state index in [0.717, 1.165) is 5.56 Å². The number of carboxylic acids is 1. The third-order valence-electron chi connectivity index (χ3n) is 3.77. The van der Waals surface area contributed by atoms with Crippen LogP contribution in [-0.2, 0) is 10.2 Å². The summed E-state index contributed by atoms with van der Waals surface area (Å²) in [6.45, 7) is 8.90. The molecule has 24 heavy (non-hydrogen) atoms. The first kappa shape index (κ1) is 17.8. The third kappa shape index (κ3) is 4.48. The fourth-order valence-electron chi connectivity index (χ4n) is 2.43. The summed E-state index contributed by atoms with van der Waals surface area (Å²) >= 11 is 0. The van der Waals surface area contributed by atoms with Crippen molar-refractivity contribution in [3.63, 3.8) is 0 Å². The molecule has 0 bridgehead atoms. The SMILES string of the molecule is CCOc1cccc(/C(=C/c2ccc(C(C)(C)C)cc2)C(=O)O)c1. The third-order valence-corrected chi connectivity index (χ3v) is 3.77. The van der Waals surface area contributed by atoms with Crippen molar-refractivity contribution in [3.8, 4) is 5.75 Å². The molecule has 0 atom stereocenters. The maximum absolute atomic E-state index is 11.7. The molecule has 0 fully saturated rings. The van der Waals surface area contributed by atoms with Crippen molar-refractivity contribution in [2.24, 2.45) is 0 Å². The van der Waals surface area contributed by atoms with Gasteiger partial charge >= 0.3 is 5.97 Å². The lowest BCUT2D eigenvalue weighted by molar-refractivity contribution is -0.130. The van der Waals surface area contributed by atoms with E-state index in [9.17, 15) is 9.90 Å². The smallest absolute Gasteiger partial charge is 0.336 e. The molecule has 2 aromatic carbocycles. The molecular formula is C21H24O3. The molecule has 0 saturated heterocycles. The van der Waals surface area contributed by atoms with E-state index in [0.29, 0.717) is 17.9 Å². The van der Waals surface area contributed by atoms with Crippen LogP contribution in [0.5, 0.6) is 5.75 Å². The molecule has 2 rings (SSSR count). The number of benzene rings is 2. The Balaban J connectivity index is 2.38. The quantitative estimate of drug-likeness (QED) is 0.621. The summed E-state index contributed by atoms with van der Waals surface area (Å²) in [5, 5.41) is 9.58. The molecule has 0 aliphatic heterocycles. The van der Waals surface area contributed by atoms with Crippen LogP contribution in [0.2, 0.25) is 0 Å². The van der Waals surface area contributed by atoms with Gasteiger partial charge in [-0.3, -0.25) is 0 Å². The normalized spacial score (nSPS) is 12.1. The molecule has 0 heterocycles. The summed E-state index contributed by atoms with van der Waals surface area (Å²) in [5.74, 6) is -0.284. The minimum Gasteiger partial charge on any atom is -0.494 e. The van der Waals surface area contributed by atoms with Crippen molar-refractivity contribution in [2.75, 3.05) is 6.61 Å². The van der Waals surface area contributed by atoms with Gasteiger partial charge in [-0.15, -0.1) is 0 Å². The fraction of sp³-hybridized carbons (Fsp3) is 0.286. The van der Waals surface area contributed by atoms with Crippen LogP contribution in [0.4, 0.5) is 0 Å². The van der Waals surface area contributed by atoms with Gasteiger partial charge in [0.15, 0.2) is 0 Å². The number of carboxylic acid groups (broad SMARTS) is 1. The molecule has 126 valence electrons. The Morgan fingerprint density at radius 3 is 2.33 bits per heavy atom. The largest absolute Gasteiger partial charge is 0.494 e. The van der Waals surface area contributed by atoms with Crippen LogP contribution in [0.25, 0.3) is 11.6 Å². The minimum atomic E-state index is -0.955. The first-order valence-electron chi connectivity index (χ1n) is 8.10. The number of ether oxygens (including phenoxy) is 1. The van der Waals surface area contributed by atoms with Crippen molar-refractivity contribution in [1.82, 2.24) is 0 Å². The Kier molecular flexibility index (Phi) is 5.45. The van der Waals surface area contributed by atoms with Crippen molar-refractivity contribution in [3.05, 3.63) is 65.2 Å². The van der Waals surface area contributed by atoms with Crippen LogP contribution in [-0.4, -0.2) is 17.7 Å². The zero-order valence-corrected chi connectivity index (χ0v) is 14.7. The lowest BCUT2D eigenvalue weighted by atomic mass is 9.86. The molecule has 2 aromatic rings.